The summed E-state index contributed by atoms with van der Waals surface area (Å²) in [6, 6.07) is 7.23. The number of nitrogen functional groups attached to an aromatic ring is 1. The van der Waals surface area contributed by atoms with E-state index in [1.807, 2.05) is 24.4 Å². The molecular formula is C19H18N8O3S2. The molecule has 164 valence electrons. The molecule has 0 saturated heterocycles. The van der Waals surface area contributed by atoms with Gasteiger partial charge in [-0.2, -0.15) is 9.50 Å². The Labute approximate surface area is 187 Å². The van der Waals surface area contributed by atoms with Crippen LogP contribution in [0.15, 0.2) is 45.5 Å². The van der Waals surface area contributed by atoms with Crippen LogP contribution in [0.2, 0.25) is 0 Å². The van der Waals surface area contributed by atoms with E-state index in [0.717, 1.165) is 5.56 Å². The number of hydrogen-bond acceptors (Lipinski definition) is 9. The number of aromatic nitrogens is 7. The highest BCUT2D eigenvalue weighted by atomic mass is 32.2. The van der Waals surface area contributed by atoms with Crippen molar-refractivity contribution in [1.29, 1.82) is 0 Å². The molecule has 32 heavy (non-hydrogen) atoms. The second-order valence-corrected chi connectivity index (χ2v) is 9.08. The van der Waals surface area contributed by atoms with Crippen LogP contribution in [0.4, 0.5) is 5.95 Å². The van der Waals surface area contributed by atoms with Gasteiger partial charge in [-0.3, -0.25) is 13.3 Å². The fraction of sp³-hybridized carbons (Fsp3) is 0.211. The lowest BCUT2D eigenvalue weighted by Crippen LogP contribution is -2.24. The first kappa shape index (κ1) is 20.5. The fourth-order valence-electron chi connectivity index (χ4n) is 3.34. The maximum Gasteiger partial charge on any atom is 0.330 e. The molecule has 0 bridgehead atoms. The first-order valence-electron chi connectivity index (χ1n) is 9.57. The van der Waals surface area contributed by atoms with Crippen LogP contribution >= 0.6 is 11.3 Å². The topological polar surface area (TPSA) is 135 Å². The molecule has 0 aliphatic carbocycles. The lowest BCUT2D eigenvalue weighted by atomic mass is 10.2. The zero-order chi connectivity index (χ0) is 22.4. The molecule has 4 heterocycles. The van der Waals surface area contributed by atoms with Crippen molar-refractivity contribution >= 4 is 45.2 Å². The molecule has 5 rings (SSSR count). The number of fused-ring (bicyclic) bond motifs is 3. The Morgan fingerprint density at radius 1 is 1.19 bits per heavy atom. The maximum absolute atomic E-state index is 12.9. The third-order valence-corrected chi connectivity index (χ3v) is 6.73. The largest absolute Gasteiger partial charge is 0.368 e. The van der Waals surface area contributed by atoms with Crippen molar-refractivity contribution in [3.8, 4) is 10.8 Å². The Kier molecular flexibility index (Phi) is 5.07. The van der Waals surface area contributed by atoms with E-state index in [0.29, 0.717) is 32.5 Å². The van der Waals surface area contributed by atoms with Crippen molar-refractivity contribution in [2.75, 3.05) is 12.3 Å². The molecule has 5 aromatic rings. The molecule has 0 saturated carbocycles. The third-order valence-electron chi connectivity index (χ3n) is 4.92. The summed E-state index contributed by atoms with van der Waals surface area (Å²) in [6.45, 7) is 2.14. The summed E-state index contributed by atoms with van der Waals surface area (Å²) in [6.07, 6.45) is 1.66. The van der Waals surface area contributed by atoms with E-state index in [9.17, 15) is 9.00 Å². The molecule has 0 fully saturated rings. The second-order valence-electron chi connectivity index (χ2n) is 7.01. The Morgan fingerprint density at radius 2 is 1.97 bits per heavy atom. The zero-order valence-corrected chi connectivity index (χ0v) is 18.8. The molecule has 2 N–H and O–H groups in total. The standard InChI is InChI=1S/C19H18N8O3S2/c1-11-3-5-12(6-4-11)32(29)30-9-8-26-15-13(25(2)19(26)28)16-22-14(17-21-7-10-31-17)24-27(16)18(20)23-15/h3-7,10H,8-9H2,1-2H3,(H2,20,23). The Balaban J connectivity index is 1.48. The highest BCUT2D eigenvalue weighted by molar-refractivity contribution is 7.80. The van der Waals surface area contributed by atoms with Crippen LogP contribution in [0.5, 0.6) is 0 Å². The first-order chi connectivity index (χ1) is 15.4. The predicted octanol–water partition coefficient (Wildman–Crippen LogP) is 1.53. The molecule has 4 aromatic heterocycles. The van der Waals surface area contributed by atoms with Crippen LogP contribution in [0.3, 0.4) is 0 Å². The average molecular weight is 471 g/mol. The lowest BCUT2D eigenvalue weighted by Gasteiger charge is -2.05. The van der Waals surface area contributed by atoms with Crippen LogP contribution in [0.25, 0.3) is 27.6 Å². The molecule has 0 aliphatic heterocycles. The number of imidazole rings is 1. The second kappa shape index (κ2) is 7.93. The number of nitrogens with two attached hydrogens (primary N) is 1. The van der Waals surface area contributed by atoms with E-state index in [1.165, 1.54) is 25.0 Å². The quantitative estimate of drug-likeness (QED) is 0.395. The molecule has 1 aromatic carbocycles. The lowest BCUT2D eigenvalue weighted by molar-refractivity contribution is 0.325. The van der Waals surface area contributed by atoms with Gasteiger partial charge in [0, 0.05) is 18.6 Å². The van der Waals surface area contributed by atoms with Gasteiger partial charge in [0.25, 0.3) is 0 Å². The van der Waals surface area contributed by atoms with E-state index in [1.54, 1.807) is 25.4 Å². The van der Waals surface area contributed by atoms with E-state index in [2.05, 4.69) is 20.1 Å². The van der Waals surface area contributed by atoms with E-state index < -0.39 is 11.1 Å². The fourth-order valence-corrected chi connectivity index (χ4v) is 4.62. The van der Waals surface area contributed by atoms with Crippen LogP contribution < -0.4 is 11.4 Å². The van der Waals surface area contributed by atoms with Gasteiger partial charge in [0.1, 0.15) is 5.52 Å². The number of benzene rings is 1. The number of aryl methyl sites for hydroxylation is 2. The van der Waals surface area contributed by atoms with Gasteiger partial charge in [0.05, 0.1) is 18.0 Å². The van der Waals surface area contributed by atoms with Gasteiger partial charge in [0.15, 0.2) is 27.4 Å². The number of hydrogen-bond donors (Lipinski definition) is 1. The third kappa shape index (κ3) is 3.39. The SMILES string of the molecule is Cc1ccc(S(=O)OCCn2c(=O)n(C)c3c2nc(N)n2nc(-c4nccs4)nc32)cc1. The molecule has 13 heteroatoms. The molecule has 0 radical (unpaired) electrons. The van der Waals surface area contributed by atoms with Crippen molar-refractivity contribution in [2.24, 2.45) is 7.05 Å². The minimum Gasteiger partial charge on any atom is -0.368 e. The summed E-state index contributed by atoms with van der Waals surface area (Å²) in [5.41, 5.74) is 8.10. The monoisotopic (exact) mass is 470 g/mol. The smallest absolute Gasteiger partial charge is 0.330 e. The normalized spacial score (nSPS) is 12.7. The summed E-state index contributed by atoms with van der Waals surface area (Å²) >= 11 is -0.241. The van der Waals surface area contributed by atoms with Crippen LogP contribution in [-0.4, -0.2) is 44.5 Å². The van der Waals surface area contributed by atoms with Gasteiger partial charge in [0.2, 0.25) is 11.8 Å². The van der Waals surface area contributed by atoms with Gasteiger partial charge < -0.3 is 5.73 Å². The minimum atomic E-state index is -1.64. The van der Waals surface area contributed by atoms with Gasteiger partial charge in [-0.1, -0.05) is 17.7 Å². The number of rotatable bonds is 6. The van der Waals surface area contributed by atoms with E-state index in [4.69, 9.17) is 9.92 Å². The molecule has 1 unspecified atom stereocenters. The van der Waals surface area contributed by atoms with Gasteiger partial charge in [-0.15, -0.1) is 16.4 Å². The molecular weight excluding hydrogens is 452 g/mol. The van der Waals surface area contributed by atoms with Crippen LogP contribution in [0, 0.1) is 6.92 Å². The average Bonchev–Trinajstić information content (AvgIpc) is 3.50. The van der Waals surface area contributed by atoms with E-state index in [-0.39, 0.29) is 24.8 Å². The van der Waals surface area contributed by atoms with Crippen LogP contribution in [-0.2, 0) is 28.9 Å². The molecule has 11 nitrogen and oxygen atoms in total. The summed E-state index contributed by atoms with van der Waals surface area (Å²) in [5.74, 6) is 0.490. The molecule has 1 atom stereocenters. The van der Waals surface area contributed by atoms with E-state index >= 15 is 0 Å². The van der Waals surface area contributed by atoms with Crippen molar-refractivity contribution in [3.63, 3.8) is 0 Å². The Hall–Kier alpha value is -3.42. The van der Waals surface area contributed by atoms with Crippen molar-refractivity contribution in [2.45, 2.75) is 18.4 Å². The summed E-state index contributed by atoms with van der Waals surface area (Å²) in [7, 11) is 1.63. The summed E-state index contributed by atoms with van der Waals surface area (Å²) < 4.78 is 22.1. The van der Waals surface area contributed by atoms with Crippen molar-refractivity contribution < 1.29 is 8.39 Å². The molecule has 0 amide bonds. The van der Waals surface area contributed by atoms with Gasteiger partial charge in [-0.25, -0.2) is 19.0 Å². The Bertz CT molecular complexity index is 1520. The highest BCUT2D eigenvalue weighted by Gasteiger charge is 2.21. The number of anilines is 1. The zero-order valence-electron chi connectivity index (χ0n) is 17.1. The summed E-state index contributed by atoms with van der Waals surface area (Å²) in [5, 5.41) is 6.85. The predicted molar refractivity (Wildman–Crippen MR) is 121 cm³/mol. The van der Waals surface area contributed by atoms with Crippen molar-refractivity contribution in [1.82, 2.24) is 33.7 Å². The van der Waals surface area contributed by atoms with Gasteiger partial charge in [-0.05, 0) is 19.1 Å². The first-order valence-corrected chi connectivity index (χ1v) is 11.5. The Morgan fingerprint density at radius 3 is 2.69 bits per heavy atom. The molecule has 0 spiro atoms. The number of nitrogens with zero attached hydrogens (tertiary/aromatic N) is 7. The highest BCUT2D eigenvalue weighted by Crippen LogP contribution is 2.23. The summed E-state index contributed by atoms with van der Waals surface area (Å²) in [4.78, 5) is 26.6. The van der Waals surface area contributed by atoms with Gasteiger partial charge >= 0.3 is 5.69 Å². The van der Waals surface area contributed by atoms with Crippen molar-refractivity contribution in [3.05, 3.63) is 51.9 Å². The van der Waals surface area contributed by atoms with Crippen LogP contribution in [0.1, 0.15) is 5.56 Å². The number of thiazole rings is 1. The minimum absolute atomic E-state index is 0.0450. The maximum atomic E-state index is 12.9. The molecule has 0 aliphatic rings.